The molecular weight excluding hydrogens is 336 g/mol. The molecular formula is C16H13ClN2O3S. The molecule has 3 rings (SSSR count). The van der Waals surface area contributed by atoms with E-state index in [9.17, 15) is 9.90 Å². The van der Waals surface area contributed by atoms with Gasteiger partial charge in [-0.1, -0.05) is 23.7 Å². The van der Waals surface area contributed by atoms with Gasteiger partial charge in [0.05, 0.1) is 24.6 Å². The van der Waals surface area contributed by atoms with Crippen LogP contribution in [0, 0.1) is 0 Å². The molecule has 7 heteroatoms. The molecule has 0 spiro atoms. The fourth-order valence-electron chi connectivity index (χ4n) is 2.22. The summed E-state index contributed by atoms with van der Waals surface area (Å²) in [5.41, 5.74) is 2.82. The number of fused-ring (bicyclic) bond motifs is 1. The van der Waals surface area contributed by atoms with Crippen LogP contribution in [0.2, 0.25) is 5.02 Å². The lowest BCUT2D eigenvalue weighted by Gasteiger charge is -2.01. The average Bonchev–Trinajstić information content (AvgIpc) is 3.09. The molecule has 0 radical (unpaired) electrons. The number of imidazole rings is 1. The number of hydrogen-bond acceptors (Lipinski definition) is 4. The van der Waals surface area contributed by atoms with Crippen LogP contribution in [0.15, 0.2) is 47.7 Å². The van der Waals surface area contributed by atoms with E-state index in [0.29, 0.717) is 5.02 Å². The van der Waals surface area contributed by atoms with Crippen molar-refractivity contribution in [2.24, 2.45) is 0 Å². The topological polar surface area (TPSA) is 63.8 Å². The molecule has 0 unspecified atom stereocenters. The SMILES string of the molecule is COC=C(Cc1csc2nc(-c3ccc(Cl)cc3)cn12)C(=O)O. The average molecular weight is 349 g/mol. The van der Waals surface area contributed by atoms with Gasteiger partial charge in [0.25, 0.3) is 0 Å². The molecule has 0 saturated carbocycles. The van der Waals surface area contributed by atoms with Crippen molar-refractivity contribution < 1.29 is 14.6 Å². The quantitative estimate of drug-likeness (QED) is 0.561. The molecule has 1 aromatic carbocycles. The Hall–Kier alpha value is -2.31. The lowest BCUT2D eigenvalue weighted by atomic mass is 10.1. The number of benzene rings is 1. The summed E-state index contributed by atoms with van der Waals surface area (Å²) >= 11 is 7.37. The highest BCUT2D eigenvalue weighted by Crippen LogP contribution is 2.25. The second-order valence-electron chi connectivity index (χ2n) is 4.87. The minimum absolute atomic E-state index is 0.189. The van der Waals surface area contributed by atoms with Crippen molar-refractivity contribution in [3.63, 3.8) is 0 Å². The summed E-state index contributed by atoms with van der Waals surface area (Å²) in [5, 5.41) is 11.8. The normalized spacial score (nSPS) is 11.8. The smallest absolute Gasteiger partial charge is 0.335 e. The number of aromatic nitrogens is 2. The van der Waals surface area contributed by atoms with E-state index in [1.165, 1.54) is 24.7 Å². The summed E-state index contributed by atoms with van der Waals surface area (Å²) in [6, 6.07) is 7.44. The molecule has 0 aliphatic rings. The highest BCUT2D eigenvalue weighted by Gasteiger charge is 2.14. The van der Waals surface area contributed by atoms with E-state index in [2.05, 4.69) is 4.98 Å². The molecule has 3 aromatic rings. The summed E-state index contributed by atoms with van der Waals surface area (Å²) in [4.78, 5) is 16.6. The zero-order valence-corrected chi connectivity index (χ0v) is 13.8. The van der Waals surface area contributed by atoms with Crippen LogP contribution in [-0.2, 0) is 16.0 Å². The third kappa shape index (κ3) is 3.23. The van der Waals surface area contributed by atoms with Gasteiger partial charge in [0, 0.05) is 34.3 Å². The van der Waals surface area contributed by atoms with Crippen molar-refractivity contribution >= 4 is 33.9 Å². The van der Waals surface area contributed by atoms with Crippen molar-refractivity contribution in [3.8, 4) is 11.3 Å². The molecule has 5 nitrogen and oxygen atoms in total. The summed E-state index contributed by atoms with van der Waals surface area (Å²) < 4.78 is 6.74. The molecule has 0 fully saturated rings. The summed E-state index contributed by atoms with van der Waals surface area (Å²) in [6.07, 6.45) is 3.42. The monoisotopic (exact) mass is 348 g/mol. The van der Waals surface area contributed by atoms with Gasteiger partial charge < -0.3 is 9.84 Å². The van der Waals surface area contributed by atoms with Crippen molar-refractivity contribution in [1.29, 1.82) is 0 Å². The zero-order valence-electron chi connectivity index (χ0n) is 12.2. The maximum Gasteiger partial charge on any atom is 0.335 e. The first kappa shape index (κ1) is 15.6. The Balaban J connectivity index is 1.96. The molecule has 23 heavy (non-hydrogen) atoms. The Morgan fingerprint density at radius 2 is 2.17 bits per heavy atom. The first-order valence-electron chi connectivity index (χ1n) is 6.75. The lowest BCUT2D eigenvalue weighted by Crippen LogP contribution is -2.05. The molecule has 2 aromatic heterocycles. The minimum atomic E-state index is -0.996. The van der Waals surface area contributed by atoms with Crippen LogP contribution in [0.3, 0.4) is 0 Å². The fraction of sp³-hybridized carbons (Fsp3) is 0.125. The zero-order chi connectivity index (χ0) is 16.4. The number of carbonyl (C=O) groups is 1. The Morgan fingerprint density at radius 3 is 2.83 bits per heavy atom. The largest absolute Gasteiger partial charge is 0.504 e. The van der Waals surface area contributed by atoms with Crippen LogP contribution in [0.5, 0.6) is 0 Å². The molecule has 118 valence electrons. The van der Waals surface area contributed by atoms with E-state index in [1.54, 1.807) is 0 Å². The summed E-state index contributed by atoms with van der Waals surface area (Å²) in [7, 11) is 1.43. The van der Waals surface area contributed by atoms with E-state index in [1.807, 2.05) is 40.2 Å². The van der Waals surface area contributed by atoms with E-state index in [0.717, 1.165) is 21.9 Å². The Labute approximate surface area is 141 Å². The third-order valence-corrected chi connectivity index (χ3v) is 4.47. The van der Waals surface area contributed by atoms with Crippen molar-refractivity contribution in [2.45, 2.75) is 6.42 Å². The van der Waals surface area contributed by atoms with Crippen LogP contribution in [0.25, 0.3) is 16.2 Å². The summed E-state index contributed by atoms with van der Waals surface area (Å²) in [5.74, 6) is -0.996. The first-order chi connectivity index (χ1) is 11.1. The van der Waals surface area contributed by atoms with Gasteiger partial charge in [0.1, 0.15) is 0 Å². The highest BCUT2D eigenvalue weighted by molar-refractivity contribution is 7.15. The standard InChI is InChI=1S/C16H13ClN2O3S/c1-22-8-11(15(20)21)6-13-9-23-16-18-14(7-19(13)16)10-2-4-12(17)5-3-10/h2-5,7-9H,6H2,1H3,(H,20,21). The van der Waals surface area contributed by atoms with Crippen molar-refractivity contribution in [3.05, 3.63) is 58.4 Å². The van der Waals surface area contributed by atoms with Gasteiger partial charge in [-0.3, -0.25) is 4.40 Å². The predicted molar refractivity (Wildman–Crippen MR) is 89.9 cm³/mol. The number of rotatable bonds is 5. The first-order valence-corrected chi connectivity index (χ1v) is 8.01. The maximum atomic E-state index is 11.2. The lowest BCUT2D eigenvalue weighted by molar-refractivity contribution is -0.132. The Morgan fingerprint density at radius 1 is 1.43 bits per heavy atom. The molecule has 0 bridgehead atoms. The van der Waals surface area contributed by atoms with Crippen LogP contribution in [-0.4, -0.2) is 27.6 Å². The number of nitrogens with zero attached hydrogens (tertiary/aromatic N) is 2. The van der Waals surface area contributed by atoms with E-state index >= 15 is 0 Å². The van der Waals surface area contributed by atoms with Crippen molar-refractivity contribution in [1.82, 2.24) is 9.38 Å². The molecule has 2 heterocycles. The van der Waals surface area contributed by atoms with Gasteiger partial charge in [0.2, 0.25) is 0 Å². The number of aliphatic carboxylic acids is 1. The van der Waals surface area contributed by atoms with Crippen LogP contribution in [0.1, 0.15) is 5.69 Å². The predicted octanol–water partition coefficient (Wildman–Crippen LogP) is 3.87. The van der Waals surface area contributed by atoms with Gasteiger partial charge in [-0.05, 0) is 12.1 Å². The molecule has 1 N–H and O–H groups in total. The number of hydrogen-bond donors (Lipinski definition) is 1. The number of carboxylic acids is 1. The maximum absolute atomic E-state index is 11.2. The highest BCUT2D eigenvalue weighted by atomic mass is 35.5. The van der Waals surface area contributed by atoms with Crippen molar-refractivity contribution in [2.75, 3.05) is 7.11 Å². The van der Waals surface area contributed by atoms with Gasteiger partial charge in [-0.25, -0.2) is 9.78 Å². The van der Waals surface area contributed by atoms with E-state index in [-0.39, 0.29) is 12.0 Å². The molecule has 0 aliphatic heterocycles. The molecule has 0 aliphatic carbocycles. The number of ether oxygens (including phenoxy) is 1. The Kier molecular flexibility index (Phi) is 4.36. The number of thiazole rings is 1. The number of carboxylic acid groups (broad SMARTS) is 1. The van der Waals surface area contributed by atoms with Crippen LogP contribution < -0.4 is 0 Å². The van der Waals surface area contributed by atoms with E-state index < -0.39 is 5.97 Å². The van der Waals surface area contributed by atoms with Gasteiger partial charge >= 0.3 is 5.97 Å². The Bertz CT molecular complexity index is 881. The second-order valence-corrected chi connectivity index (χ2v) is 6.15. The molecule has 0 amide bonds. The van der Waals surface area contributed by atoms with Crippen LogP contribution in [0.4, 0.5) is 0 Å². The number of halogens is 1. The fourth-order valence-corrected chi connectivity index (χ4v) is 3.22. The van der Waals surface area contributed by atoms with E-state index in [4.69, 9.17) is 16.3 Å². The molecule has 0 saturated heterocycles. The van der Waals surface area contributed by atoms with Gasteiger partial charge in [-0.15, -0.1) is 11.3 Å². The van der Waals surface area contributed by atoms with Gasteiger partial charge in [-0.2, -0.15) is 0 Å². The number of methoxy groups -OCH3 is 1. The minimum Gasteiger partial charge on any atom is -0.504 e. The third-order valence-electron chi connectivity index (χ3n) is 3.33. The van der Waals surface area contributed by atoms with Crippen LogP contribution >= 0.6 is 22.9 Å². The van der Waals surface area contributed by atoms with Gasteiger partial charge in [0.15, 0.2) is 4.96 Å². The second kappa shape index (κ2) is 6.44. The molecule has 0 atom stereocenters. The summed E-state index contributed by atoms with van der Waals surface area (Å²) in [6.45, 7) is 0.